The number of nitrogens with one attached hydrogen (secondary N) is 1. The molecule has 0 saturated heterocycles. The maximum absolute atomic E-state index is 5.46. The minimum absolute atomic E-state index is 0.800. The molecule has 0 saturated carbocycles. The minimum atomic E-state index is 0.800. The van der Waals surface area contributed by atoms with E-state index in [0.29, 0.717) is 0 Å². The molecular formula is C20H21N3OS. The monoisotopic (exact) mass is 351 g/mol. The van der Waals surface area contributed by atoms with Crippen LogP contribution in [0.5, 0.6) is 5.75 Å². The summed E-state index contributed by atoms with van der Waals surface area (Å²) >= 11 is 1.54. The fraction of sp³-hybridized carbons (Fsp3) is 0.300. The molecule has 128 valence electrons. The first-order chi connectivity index (χ1) is 12.2. The highest BCUT2D eigenvalue weighted by Gasteiger charge is 2.13. The van der Waals surface area contributed by atoms with Crippen molar-refractivity contribution in [2.45, 2.75) is 32.6 Å². The van der Waals surface area contributed by atoms with Crippen LogP contribution in [0, 0.1) is 6.92 Å². The first kappa shape index (κ1) is 16.1. The van der Waals surface area contributed by atoms with Crippen molar-refractivity contribution in [2.24, 2.45) is 0 Å². The standard InChI is InChI=1S/C20H21N3OS/c1-13-7-10-18(24-2)17(11-13)19-22-23-20(25-19)21-16-9-8-14-5-3-4-6-15(14)12-16/h7-12H,3-6H2,1-2H3,(H,21,23). The van der Waals surface area contributed by atoms with Crippen LogP contribution < -0.4 is 10.1 Å². The van der Waals surface area contributed by atoms with E-state index >= 15 is 0 Å². The Hall–Kier alpha value is -2.40. The zero-order valence-electron chi connectivity index (χ0n) is 14.5. The van der Waals surface area contributed by atoms with Gasteiger partial charge >= 0.3 is 0 Å². The van der Waals surface area contributed by atoms with Crippen LogP contribution in [-0.4, -0.2) is 17.3 Å². The average molecular weight is 351 g/mol. The molecule has 1 aliphatic rings. The number of fused-ring (bicyclic) bond motifs is 1. The Labute approximate surface area is 151 Å². The van der Waals surface area contributed by atoms with Crippen LogP contribution in [0.15, 0.2) is 36.4 Å². The number of nitrogens with zero attached hydrogens (tertiary/aromatic N) is 2. The highest BCUT2D eigenvalue weighted by molar-refractivity contribution is 7.18. The van der Waals surface area contributed by atoms with Crippen LogP contribution in [0.2, 0.25) is 0 Å². The van der Waals surface area contributed by atoms with E-state index in [1.807, 2.05) is 12.1 Å². The quantitative estimate of drug-likeness (QED) is 0.706. The lowest BCUT2D eigenvalue weighted by Crippen LogP contribution is -2.03. The lowest BCUT2D eigenvalue weighted by Gasteiger charge is -2.16. The second-order valence-corrected chi connectivity index (χ2v) is 7.41. The van der Waals surface area contributed by atoms with Gasteiger partial charge in [0.15, 0.2) is 5.01 Å². The molecule has 3 aromatic rings. The number of hydrogen-bond donors (Lipinski definition) is 1. The third-order valence-corrected chi connectivity index (χ3v) is 5.48. The molecule has 5 heteroatoms. The van der Waals surface area contributed by atoms with E-state index in [1.54, 1.807) is 18.4 Å². The van der Waals surface area contributed by atoms with E-state index in [2.05, 4.69) is 46.7 Å². The largest absolute Gasteiger partial charge is 0.496 e. The average Bonchev–Trinajstić information content (AvgIpc) is 3.10. The molecule has 0 bridgehead atoms. The van der Waals surface area contributed by atoms with Crippen molar-refractivity contribution in [1.82, 2.24) is 10.2 Å². The number of methoxy groups -OCH3 is 1. The first-order valence-electron chi connectivity index (χ1n) is 8.60. The predicted molar refractivity (Wildman–Crippen MR) is 103 cm³/mol. The molecule has 1 aromatic heterocycles. The molecule has 0 radical (unpaired) electrons. The second-order valence-electron chi connectivity index (χ2n) is 6.43. The van der Waals surface area contributed by atoms with Crippen molar-refractivity contribution in [1.29, 1.82) is 0 Å². The van der Waals surface area contributed by atoms with Crippen LogP contribution in [0.3, 0.4) is 0 Å². The summed E-state index contributed by atoms with van der Waals surface area (Å²) in [5, 5.41) is 13.7. The summed E-state index contributed by atoms with van der Waals surface area (Å²) in [6.07, 6.45) is 4.96. The normalized spacial score (nSPS) is 13.4. The SMILES string of the molecule is COc1ccc(C)cc1-c1nnc(Nc2ccc3c(c2)CCCC3)s1. The van der Waals surface area contributed by atoms with Crippen molar-refractivity contribution in [3.63, 3.8) is 0 Å². The molecule has 2 aromatic carbocycles. The Morgan fingerprint density at radius 3 is 2.68 bits per heavy atom. The molecule has 0 atom stereocenters. The number of aromatic nitrogens is 2. The Morgan fingerprint density at radius 2 is 1.84 bits per heavy atom. The molecule has 4 rings (SSSR count). The van der Waals surface area contributed by atoms with Crippen molar-refractivity contribution < 1.29 is 4.74 Å². The lowest BCUT2D eigenvalue weighted by atomic mass is 9.91. The molecule has 0 aliphatic heterocycles. The van der Waals surface area contributed by atoms with Gasteiger partial charge in [0.2, 0.25) is 5.13 Å². The number of ether oxygens (including phenoxy) is 1. The fourth-order valence-corrected chi connectivity index (χ4v) is 4.09. The van der Waals surface area contributed by atoms with Gasteiger partial charge in [-0.1, -0.05) is 29.0 Å². The van der Waals surface area contributed by atoms with Gasteiger partial charge in [-0.05, 0) is 68.0 Å². The first-order valence-corrected chi connectivity index (χ1v) is 9.42. The lowest BCUT2D eigenvalue weighted by molar-refractivity contribution is 0.416. The number of rotatable bonds is 4. The second kappa shape index (κ2) is 6.84. The van der Waals surface area contributed by atoms with Crippen LogP contribution in [0.1, 0.15) is 29.5 Å². The maximum Gasteiger partial charge on any atom is 0.210 e. The number of benzene rings is 2. The summed E-state index contributed by atoms with van der Waals surface area (Å²) in [7, 11) is 1.68. The van der Waals surface area contributed by atoms with Gasteiger partial charge in [0.05, 0.1) is 12.7 Å². The summed E-state index contributed by atoms with van der Waals surface area (Å²) in [6.45, 7) is 2.07. The molecule has 0 unspecified atom stereocenters. The van der Waals surface area contributed by atoms with Gasteiger partial charge in [0.25, 0.3) is 0 Å². The summed E-state index contributed by atoms with van der Waals surface area (Å²) in [6, 6.07) is 12.7. The number of aryl methyl sites for hydroxylation is 3. The summed E-state index contributed by atoms with van der Waals surface area (Å²) < 4.78 is 5.46. The predicted octanol–water partition coefficient (Wildman–Crippen LogP) is 5.14. The molecule has 0 spiro atoms. The van der Waals surface area contributed by atoms with Gasteiger partial charge in [0.1, 0.15) is 5.75 Å². The van der Waals surface area contributed by atoms with E-state index in [4.69, 9.17) is 4.74 Å². The van der Waals surface area contributed by atoms with Gasteiger partial charge in [-0.25, -0.2) is 0 Å². The summed E-state index contributed by atoms with van der Waals surface area (Å²) in [4.78, 5) is 0. The molecule has 4 nitrogen and oxygen atoms in total. The molecule has 0 fully saturated rings. The molecule has 25 heavy (non-hydrogen) atoms. The van der Waals surface area contributed by atoms with Crippen molar-refractivity contribution >= 4 is 22.2 Å². The Morgan fingerprint density at radius 1 is 1.00 bits per heavy atom. The summed E-state index contributed by atoms with van der Waals surface area (Å²) in [5.74, 6) is 0.821. The molecule has 1 heterocycles. The third kappa shape index (κ3) is 3.37. The zero-order chi connectivity index (χ0) is 17.2. The topological polar surface area (TPSA) is 47.0 Å². The zero-order valence-corrected chi connectivity index (χ0v) is 15.3. The van der Waals surface area contributed by atoms with Crippen molar-refractivity contribution in [3.8, 4) is 16.3 Å². The Kier molecular flexibility index (Phi) is 4.40. The van der Waals surface area contributed by atoms with Gasteiger partial charge in [-0.2, -0.15) is 0 Å². The maximum atomic E-state index is 5.46. The molecule has 1 aliphatic carbocycles. The Balaban J connectivity index is 1.59. The van der Waals surface area contributed by atoms with E-state index in [-0.39, 0.29) is 0 Å². The molecule has 1 N–H and O–H groups in total. The van der Waals surface area contributed by atoms with Gasteiger partial charge in [-0.15, -0.1) is 10.2 Å². The van der Waals surface area contributed by atoms with E-state index in [9.17, 15) is 0 Å². The van der Waals surface area contributed by atoms with Gasteiger partial charge < -0.3 is 10.1 Å². The Bertz CT molecular complexity index is 904. The van der Waals surface area contributed by atoms with Crippen LogP contribution in [0.25, 0.3) is 10.6 Å². The molecular weight excluding hydrogens is 330 g/mol. The minimum Gasteiger partial charge on any atom is -0.496 e. The van der Waals surface area contributed by atoms with Gasteiger partial charge in [-0.3, -0.25) is 0 Å². The van der Waals surface area contributed by atoms with Crippen molar-refractivity contribution in [2.75, 3.05) is 12.4 Å². The van der Waals surface area contributed by atoms with E-state index < -0.39 is 0 Å². The summed E-state index contributed by atoms with van der Waals surface area (Å²) in [5.41, 5.74) is 6.19. The molecule has 0 amide bonds. The fourth-order valence-electron chi connectivity index (χ4n) is 3.31. The number of anilines is 2. The van der Waals surface area contributed by atoms with Crippen molar-refractivity contribution in [3.05, 3.63) is 53.1 Å². The third-order valence-electron chi connectivity index (χ3n) is 4.61. The van der Waals surface area contributed by atoms with Crippen LogP contribution in [0.4, 0.5) is 10.8 Å². The van der Waals surface area contributed by atoms with E-state index in [0.717, 1.165) is 27.1 Å². The smallest absolute Gasteiger partial charge is 0.210 e. The van der Waals surface area contributed by atoms with E-state index in [1.165, 1.54) is 42.4 Å². The highest BCUT2D eigenvalue weighted by Crippen LogP contribution is 2.35. The highest BCUT2D eigenvalue weighted by atomic mass is 32.1. The van der Waals surface area contributed by atoms with Gasteiger partial charge in [0, 0.05) is 5.69 Å². The number of hydrogen-bond acceptors (Lipinski definition) is 5. The van der Waals surface area contributed by atoms with Crippen LogP contribution in [-0.2, 0) is 12.8 Å². The van der Waals surface area contributed by atoms with Crippen LogP contribution >= 0.6 is 11.3 Å².